The number of nitrogens with two attached hydrogens (primary N) is 1. The van der Waals surface area contributed by atoms with Crippen molar-refractivity contribution in [3.63, 3.8) is 0 Å². The van der Waals surface area contributed by atoms with E-state index in [2.05, 4.69) is 0 Å². The minimum absolute atomic E-state index is 0.0557. The molecule has 0 bridgehead atoms. The smallest absolute Gasteiger partial charge is 0.218 e. The zero-order chi connectivity index (χ0) is 14.6. The fourth-order valence-corrected chi connectivity index (χ4v) is 4.13. The van der Waals surface area contributed by atoms with Crippen molar-refractivity contribution < 1.29 is 8.42 Å². The monoisotopic (exact) mass is 293 g/mol. The van der Waals surface area contributed by atoms with Crippen molar-refractivity contribution in [2.45, 2.75) is 18.6 Å². The third-order valence-corrected chi connectivity index (χ3v) is 5.43. The lowest BCUT2D eigenvalue weighted by molar-refractivity contribution is 0.271. The van der Waals surface area contributed by atoms with Crippen LogP contribution in [0.15, 0.2) is 24.3 Å². The Balaban J connectivity index is 2.12. The number of nitriles is 1. The van der Waals surface area contributed by atoms with Gasteiger partial charge >= 0.3 is 0 Å². The maximum absolute atomic E-state index is 12.4. The van der Waals surface area contributed by atoms with Gasteiger partial charge in [-0.05, 0) is 43.0 Å². The van der Waals surface area contributed by atoms with Gasteiger partial charge < -0.3 is 5.73 Å². The molecule has 2 rings (SSSR count). The molecule has 20 heavy (non-hydrogen) atoms. The summed E-state index contributed by atoms with van der Waals surface area (Å²) in [6.45, 7) is 1.60. The molecule has 1 heterocycles. The largest absolute Gasteiger partial charge is 0.330 e. The Hall–Kier alpha value is -1.42. The summed E-state index contributed by atoms with van der Waals surface area (Å²) < 4.78 is 26.4. The molecule has 0 aliphatic carbocycles. The molecule has 0 amide bonds. The summed E-state index contributed by atoms with van der Waals surface area (Å²) in [5.74, 6) is 0.198. The summed E-state index contributed by atoms with van der Waals surface area (Å²) >= 11 is 0. The fourth-order valence-electron chi connectivity index (χ4n) is 2.50. The van der Waals surface area contributed by atoms with Gasteiger partial charge in [0.15, 0.2) is 0 Å². The first-order valence-corrected chi connectivity index (χ1v) is 8.33. The van der Waals surface area contributed by atoms with Crippen molar-refractivity contribution in [2.24, 2.45) is 11.7 Å². The Bertz CT molecular complexity index is 607. The molecule has 108 valence electrons. The average Bonchev–Trinajstić information content (AvgIpc) is 2.47. The molecule has 0 spiro atoms. The molecule has 1 atom stereocenters. The van der Waals surface area contributed by atoms with Crippen molar-refractivity contribution in [3.05, 3.63) is 35.4 Å². The Morgan fingerprint density at radius 2 is 2.25 bits per heavy atom. The van der Waals surface area contributed by atoms with Crippen molar-refractivity contribution in [1.82, 2.24) is 4.31 Å². The second-order valence-electron chi connectivity index (χ2n) is 5.17. The van der Waals surface area contributed by atoms with E-state index >= 15 is 0 Å². The van der Waals surface area contributed by atoms with Gasteiger partial charge in [0.25, 0.3) is 0 Å². The Kier molecular flexibility index (Phi) is 4.76. The first kappa shape index (κ1) is 15.0. The third-order valence-electron chi connectivity index (χ3n) is 3.61. The van der Waals surface area contributed by atoms with E-state index in [-0.39, 0.29) is 11.7 Å². The van der Waals surface area contributed by atoms with Crippen LogP contribution in [0.4, 0.5) is 0 Å². The molecule has 2 N–H and O–H groups in total. The normalized spacial score (nSPS) is 20.5. The van der Waals surface area contributed by atoms with Gasteiger partial charge in [-0.3, -0.25) is 0 Å². The van der Waals surface area contributed by atoms with Gasteiger partial charge in [-0.25, -0.2) is 12.7 Å². The van der Waals surface area contributed by atoms with E-state index in [9.17, 15) is 8.42 Å². The molecule has 1 saturated heterocycles. The third kappa shape index (κ3) is 3.57. The van der Waals surface area contributed by atoms with E-state index in [0.717, 1.165) is 12.8 Å². The van der Waals surface area contributed by atoms with Crippen LogP contribution < -0.4 is 5.73 Å². The molecular formula is C14H19N3O2S. The van der Waals surface area contributed by atoms with Crippen LogP contribution in [0.5, 0.6) is 0 Å². The highest BCUT2D eigenvalue weighted by atomic mass is 32.2. The van der Waals surface area contributed by atoms with Gasteiger partial charge in [-0.1, -0.05) is 12.1 Å². The molecule has 1 aromatic rings. The predicted octanol–water partition coefficient (Wildman–Crippen LogP) is 1.06. The Morgan fingerprint density at radius 1 is 1.45 bits per heavy atom. The molecule has 1 aliphatic rings. The highest BCUT2D eigenvalue weighted by Crippen LogP contribution is 2.21. The van der Waals surface area contributed by atoms with Crippen molar-refractivity contribution >= 4 is 10.0 Å². The summed E-state index contributed by atoms with van der Waals surface area (Å²) in [5, 5.41) is 8.85. The lowest BCUT2D eigenvalue weighted by Crippen LogP contribution is -2.42. The molecule has 1 unspecified atom stereocenters. The van der Waals surface area contributed by atoms with Gasteiger partial charge in [0.1, 0.15) is 0 Å². The van der Waals surface area contributed by atoms with Crippen LogP contribution >= 0.6 is 0 Å². The number of nitrogens with zero attached hydrogens (tertiary/aromatic N) is 2. The predicted molar refractivity (Wildman–Crippen MR) is 77.1 cm³/mol. The zero-order valence-corrected chi connectivity index (χ0v) is 12.1. The number of benzene rings is 1. The number of rotatable bonds is 4. The number of hydrogen-bond donors (Lipinski definition) is 1. The molecular weight excluding hydrogens is 274 g/mol. The number of sulfonamides is 1. The van der Waals surface area contributed by atoms with Crippen LogP contribution in [-0.2, 0) is 15.8 Å². The second kappa shape index (κ2) is 6.35. The van der Waals surface area contributed by atoms with Crippen molar-refractivity contribution in [1.29, 1.82) is 5.26 Å². The van der Waals surface area contributed by atoms with E-state index in [1.807, 2.05) is 6.07 Å². The lowest BCUT2D eigenvalue weighted by Gasteiger charge is -2.31. The van der Waals surface area contributed by atoms with Crippen LogP contribution in [0, 0.1) is 17.2 Å². The molecule has 0 aromatic heterocycles. The summed E-state index contributed by atoms with van der Waals surface area (Å²) in [6.07, 6.45) is 1.85. The topological polar surface area (TPSA) is 87.2 Å². The van der Waals surface area contributed by atoms with Gasteiger partial charge in [0, 0.05) is 13.1 Å². The van der Waals surface area contributed by atoms with Gasteiger partial charge in [-0.15, -0.1) is 0 Å². The molecule has 0 radical (unpaired) electrons. The van der Waals surface area contributed by atoms with Crippen LogP contribution in [0.2, 0.25) is 0 Å². The first-order valence-electron chi connectivity index (χ1n) is 6.72. The molecule has 1 aliphatic heterocycles. The maximum Gasteiger partial charge on any atom is 0.218 e. The van der Waals surface area contributed by atoms with Crippen molar-refractivity contribution in [3.8, 4) is 6.07 Å². The highest BCUT2D eigenvalue weighted by Gasteiger charge is 2.28. The zero-order valence-electron chi connectivity index (χ0n) is 11.3. The molecule has 1 fully saturated rings. The highest BCUT2D eigenvalue weighted by molar-refractivity contribution is 7.88. The van der Waals surface area contributed by atoms with E-state index in [1.165, 1.54) is 4.31 Å². The SMILES string of the molecule is N#Cc1cccc(CS(=O)(=O)N2CCCC(CN)C2)c1. The van der Waals surface area contributed by atoms with Gasteiger partial charge in [0.2, 0.25) is 10.0 Å². The maximum atomic E-state index is 12.4. The fraction of sp³-hybridized carbons (Fsp3) is 0.500. The minimum atomic E-state index is -3.34. The van der Waals surface area contributed by atoms with Crippen LogP contribution in [0.1, 0.15) is 24.0 Å². The van der Waals surface area contributed by atoms with E-state index in [0.29, 0.717) is 30.8 Å². The summed E-state index contributed by atoms with van der Waals surface area (Å²) in [4.78, 5) is 0. The molecule has 1 aromatic carbocycles. The lowest BCUT2D eigenvalue weighted by atomic mass is 10.0. The molecule has 0 saturated carbocycles. The van der Waals surface area contributed by atoms with E-state index < -0.39 is 10.0 Å². The average molecular weight is 293 g/mol. The number of hydrogen-bond acceptors (Lipinski definition) is 4. The Labute approximate surface area is 120 Å². The van der Waals surface area contributed by atoms with E-state index in [4.69, 9.17) is 11.0 Å². The summed E-state index contributed by atoms with van der Waals surface area (Å²) in [6, 6.07) is 8.77. The molecule has 6 heteroatoms. The van der Waals surface area contributed by atoms with Gasteiger partial charge in [0.05, 0.1) is 17.4 Å². The van der Waals surface area contributed by atoms with Gasteiger partial charge in [-0.2, -0.15) is 5.26 Å². The minimum Gasteiger partial charge on any atom is -0.330 e. The Morgan fingerprint density at radius 3 is 2.95 bits per heavy atom. The van der Waals surface area contributed by atoms with Crippen LogP contribution in [0.3, 0.4) is 0 Å². The van der Waals surface area contributed by atoms with Crippen LogP contribution in [-0.4, -0.2) is 32.4 Å². The van der Waals surface area contributed by atoms with Crippen LogP contribution in [0.25, 0.3) is 0 Å². The summed E-state index contributed by atoms with van der Waals surface area (Å²) in [7, 11) is -3.34. The quantitative estimate of drug-likeness (QED) is 0.899. The molecule has 5 nitrogen and oxygen atoms in total. The van der Waals surface area contributed by atoms with E-state index in [1.54, 1.807) is 24.3 Å². The summed E-state index contributed by atoms with van der Waals surface area (Å²) in [5.41, 5.74) is 6.78. The standard InChI is InChI=1S/C14H19N3O2S/c15-8-12-3-1-4-13(7-12)11-20(18,19)17-6-2-5-14(9-16)10-17/h1,3-4,7,14H,2,5-6,9-11,16H2. The van der Waals surface area contributed by atoms with Crippen molar-refractivity contribution in [2.75, 3.05) is 19.6 Å². The number of piperidine rings is 1. The first-order chi connectivity index (χ1) is 9.55. The second-order valence-corrected chi connectivity index (χ2v) is 7.14.